The fourth-order valence-electron chi connectivity index (χ4n) is 4.65. The van der Waals surface area contributed by atoms with E-state index in [2.05, 4.69) is 28.4 Å². The van der Waals surface area contributed by atoms with E-state index in [4.69, 9.17) is 0 Å². The van der Waals surface area contributed by atoms with Crippen LogP contribution in [-0.4, -0.2) is 37.0 Å². The zero-order valence-electron chi connectivity index (χ0n) is 14.4. The van der Waals surface area contributed by atoms with Gasteiger partial charge in [0.2, 0.25) is 5.91 Å². The molecule has 3 nitrogen and oxygen atoms in total. The van der Waals surface area contributed by atoms with Gasteiger partial charge in [0.25, 0.3) is 0 Å². The molecule has 0 unspecified atom stereocenters. The van der Waals surface area contributed by atoms with Crippen LogP contribution in [0.15, 0.2) is 18.2 Å². The van der Waals surface area contributed by atoms with Crippen LogP contribution in [-0.2, 0) is 24.1 Å². The van der Waals surface area contributed by atoms with Crippen LogP contribution in [0.3, 0.4) is 0 Å². The quantitative estimate of drug-likeness (QED) is 0.891. The number of hydrogen-bond donors (Lipinski definition) is 1. The first-order valence-corrected chi connectivity index (χ1v) is 9.39. The number of halogens is 1. The molecule has 2 saturated heterocycles. The van der Waals surface area contributed by atoms with E-state index in [0.717, 1.165) is 38.0 Å². The van der Waals surface area contributed by atoms with Gasteiger partial charge in [-0.2, -0.15) is 0 Å². The number of likely N-dealkylation sites (tertiary alicyclic amines) is 1. The number of carbonyl (C=O) groups is 1. The number of carbonyl (C=O) groups excluding carboxylic acids is 1. The molecule has 1 aromatic carbocycles. The van der Waals surface area contributed by atoms with Crippen LogP contribution < -0.4 is 5.32 Å². The maximum Gasteiger partial charge on any atom is 0.226 e. The van der Waals surface area contributed by atoms with Gasteiger partial charge in [0.15, 0.2) is 0 Å². The third kappa shape index (κ3) is 3.78. The zero-order valence-corrected chi connectivity index (χ0v) is 15.2. The lowest BCUT2D eigenvalue weighted by Gasteiger charge is -2.22. The minimum absolute atomic E-state index is 0. The molecule has 4 rings (SSSR count). The summed E-state index contributed by atoms with van der Waals surface area (Å²) in [5.41, 5.74) is 4.20. The second-order valence-corrected chi connectivity index (χ2v) is 7.62. The molecule has 0 radical (unpaired) electrons. The summed E-state index contributed by atoms with van der Waals surface area (Å²) in [4.78, 5) is 14.8. The lowest BCUT2D eigenvalue weighted by molar-refractivity contribution is -0.130. The molecule has 132 valence electrons. The highest BCUT2D eigenvalue weighted by Gasteiger charge is 2.31. The number of aryl methyl sites for hydroxylation is 2. The summed E-state index contributed by atoms with van der Waals surface area (Å²) < 4.78 is 0. The summed E-state index contributed by atoms with van der Waals surface area (Å²) in [6.07, 6.45) is 7.95. The topological polar surface area (TPSA) is 32.3 Å². The van der Waals surface area contributed by atoms with Crippen molar-refractivity contribution in [2.45, 2.75) is 44.9 Å². The first kappa shape index (κ1) is 17.8. The van der Waals surface area contributed by atoms with E-state index in [1.807, 2.05) is 0 Å². The summed E-state index contributed by atoms with van der Waals surface area (Å²) in [7, 11) is 0. The summed E-state index contributed by atoms with van der Waals surface area (Å²) in [5, 5.41) is 3.50. The normalized spacial score (nSPS) is 26.1. The maximum absolute atomic E-state index is 12.7. The molecule has 1 N–H and O–H groups in total. The average molecular weight is 349 g/mol. The van der Waals surface area contributed by atoms with Gasteiger partial charge in [-0.15, -0.1) is 12.4 Å². The van der Waals surface area contributed by atoms with Crippen molar-refractivity contribution in [2.24, 2.45) is 11.8 Å². The van der Waals surface area contributed by atoms with Crippen molar-refractivity contribution in [1.82, 2.24) is 10.2 Å². The second-order valence-electron chi connectivity index (χ2n) is 7.62. The molecule has 4 heteroatoms. The fourth-order valence-corrected chi connectivity index (χ4v) is 4.65. The van der Waals surface area contributed by atoms with Crippen LogP contribution in [0.25, 0.3) is 0 Å². The van der Waals surface area contributed by atoms with Gasteiger partial charge in [-0.25, -0.2) is 0 Å². The Labute approximate surface area is 151 Å². The van der Waals surface area contributed by atoms with Gasteiger partial charge >= 0.3 is 0 Å². The van der Waals surface area contributed by atoms with Crippen molar-refractivity contribution in [3.05, 3.63) is 34.9 Å². The number of fused-ring (bicyclic) bond motifs is 2. The standard InChI is InChI=1S/C20H28N2O.ClH/c23-20(22-9-7-18-13-21-14-19(18)8-10-22)12-15-5-6-16-3-1-2-4-17(16)11-15;/h5-6,11,18-19,21H,1-4,7-10,12-14H2;1H/t18-,19+;. The molecule has 2 aliphatic heterocycles. The SMILES string of the molecule is Cl.O=C(Cc1ccc2c(c1)CCCC2)N1CC[C@@H]2CNC[C@@H]2CC1. The number of amides is 1. The fraction of sp³-hybridized carbons (Fsp3) is 0.650. The number of nitrogens with one attached hydrogen (secondary N) is 1. The Kier molecular flexibility index (Phi) is 5.83. The van der Waals surface area contributed by atoms with E-state index in [1.54, 1.807) is 0 Å². The monoisotopic (exact) mass is 348 g/mol. The second kappa shape index (κ2) is 7.88. The first-order chi connectivity index (χ1) is 11.3. The lowest BCUT2D eigenvalue weighted by atomic mass is 9.90. The summed E-state index contributed by atoms with van der Waals surface area (Å²) in [6, 6.07) is 6.73. The van der Waals surface area contributed by atoms with Gasteiger partial charge < -0.3 is 10.2 Å². The highest BCUT2D eigenvalue weighted by atomic mass is 35.5. The van der Waals surface area contributed by atoms with Gasteiger partial charge in [-0.05, 0) is 80.1 Å². The third-order valence-corrected chi connectivity index (χ3v) is 6.14. The lowest BCUT2D eigenvalue weighted by Crippen LogP contribution is -2.34. The van der Waals surface area contributed by atoms with Crippen molar-refractivity contribution >= 4 is 18.3 Å². The van der Waals surface area contributed by atoms with E-state index in [1.165, 1.54) is 55.2 Å². The third-order valence-electron chi connectivity index (χ3n) is 6.14. The van der Waals surface area contributed by atoms with Crippen LogP contribution in [0.5, 0.6) is 0 Å². The Bertz CT molecular complexity index is 575. The molecule has 2 heterocycles. The van der Waals surface area contributed by atoms with E-state index >= 15 is 0 Å². The van der Waals surface area contributed by atoms with Crippen LogP contribution >= 0.6 is 12.4 Å². The van der Waals surface area contributed by atoms with Gasteiger partial charge in [-0.1, -0.05) is 18.2 Å². The predicted octanol–water partition coefficient (Wildman–Crippen LogP) is 2.99. The highest BCUT2D eigenvalue weighted by Crippen LogP contribution is 2.27. The van der Waals surface area contributed by atoms with Crippen molar-refractivity contribution in [3.63, 3.8) is 0 Å². The van der Waals surface area contributed by atoms with E-state index in [0.29, 0.717) is 12.3 Å². The van der Waals surface area contributed by atoms with Gasteiger partial charge in [0, 0.05) is 13.1 Å². The molecule has 24 heavy (non-hydrogen) atoms. The number of nitrogens with zero attached hydrogens (tertiary/aromatic N) is 1. The molecule has 1 amide bonds. The van der Waals surface area contributed by atoms with Crippen LogP contribution in [0.1, 0.15) is 42.4 Å². The van der Waals surface area contributed by atoms with Gasteiger partial charge in [0.05, 0.1) is 6.42 Å². The molecule has 3 aliphatic rings. The van der Waals surface area contributed by atoms with E-state index in [9.17, 15) is 4.79 Å². The van der Waals surface area contributed by atoms with Gasteiger partial charge in [0.1, 0.15) is 0 Å². The Morgan fingerprint density at radius 1 is 1.04 bits per heavy atom. The molecular weight excluding hydrogens is 320 g/mol. The molecule has 0 aromatic heterocycles. The van der Waals surface area contributed by atoms with Crippen LogP contribution in [0.2, 0.25) is 0 Å². The molecule has 0 spiro atoms. The highest BCUT2D eigenvalue weighted by molar-refractivity contribution is 5.85. The Balaban J connectivity index is 0.00000169. The molecule has 2 fully saturated rings. The molecule has 0 bridgehead atoms. The molecule has 0 saturated carbocycles. The first-order valence-electron chi connectivity index (χ1n) is 9.39. The van der Waals surface area contributed by atoms with Crippen LogP contribution in [0.4, 0.5) is 0 Å². The zero-order chi connectivity index (χ0) is 15.6. The minimum Gasteiger partial charge on any atom is -0.342 e. The largest absolute Gasteiger partial charge is 0.342 e. The summed E-state index contributed by atoms with van der Waals surface area (Å²) >= 11 is 0. The predicted molar refractivity (Wildman–Crippen MR) is 99.7 cm³/mol. The van der Waals surface area contributed by atoms with Crippen molar-refractivity contribution in [1.29, 1.82) is 0 Å². The van der Waals surface area contributed by atoms with Crippen molar-refractivity contribution in [2.75, 3.05) is 26.2 Å². The molecule has 2 atom stereocenters. The Hall–Kier alpha value is -1.06. The summed E-state index contributed by atoms with van der Waals surface area (Å²) in [6.45, 7) is 4.20. The average Bonchev–Trinajstić information content (AvgIpc) is 2.93. The molecule has 1 aliphatic carbocycles. The number of benzene rings is 1. The minimum atomic E-state index is 0. The Morgan fingerprint density at radius 2 is 1.71 bits per heavy atom. The van der Waals surface area contributed by atoms with Crippen LogP contribution in [0, 0.1) is 11.8 Å². The van der Waals surface area contributed by atoms with Gasteiger partial charge in [-0.3, -0.25) is 4.79 Å². The number of hydrogen-bond acceptors (Lipinski definition) is 2. The summed E-state index contributed by atoms with van der Waals surface area (Å²) in [5.74, 6) is 1.90. The Morgan fingerprint density at radius 3 is 2.42 bits per heavy atom. The number of rotatable bonds is 2. The van der Waals surface area contributed by atoms with E-state index < -0.39 is 0 Å². The molecular formula is C20H29ClN2O. The maximum atomic E-state index is 12.7. The smallest absolute Gasteiger partial charge is 0.226 e. The van der Waals surface area contributed by atoms with E-state index in [-0.39, 0.29) is 12.4 Å². The van der Waals surface area contributed by atoms with Crippen molar-refractivity contribution < 1.29 is 4.79 Å². The molecule has 1 aromatic rings. The van der Waals surface area contributed by atoms with Crippen molar-refractivity contribution in [3.8, 4) is 0 Å².